The average molecular weight is 351 g/mol. The van der Waals surface area contributed by atoms with E-state index in [0.29, 0.717) is 16.7 Å². The first kappa shape index (κ1) is 16.1. The smallest absolute Gasteiger partial charge is 0.338 e. The number of carbonyl (C=O) groups is 1. The molecule has 0 spiro atoms. The van der Waals surface area contributed by atoms with Crippen LogP contribution in [0.5, 0.6) is 0 Å². The van der Waals surface area contributed by atoms with Gasteiger partial charge in [0, 0.05) is 16.7 Å². The van der Waals surface area contributed by atoms with Crippen LogP contribution < -0.4 is 0 Å². The molecule has 0 aliphatic carbocycles. The molecule has 0 atom stereocenters. The molecule has 0 unspecified atom stereocenters. The summed E-state index contributed by atoms with van der Waals surface area (Å²) in [5.74, 6) is -2.37. The van der Waals surface area contributed by atoms with E-state index in [0.717, 1.165) is 12.1 Å². The van der Waals surface area contributed by atoms with E-state index >= 15 is 0 Å². The van der Waals surface area contributed by atoms with E-state index in [-0.39, 0.29) is 24.0 Å². The van der Waals surface area contributed by atoms with Gasteiger partial charge < -0.3 is 9.15 Å². The third-order valence-corrected chi connectivity index (χ3v) is 3.23. The Morgan fingerprint density at radius 2 is 1.75 bits per heavy atom. The summed E-state index contributed by atoms with van der Waals surface area (Å²) in [5.41, 5.74) is 0.404. The zero-order valence-corrected chi connectivity index (χ0v) is 12.8. The van der Waals surface area contributed by atoms with Gasteiger partial charge in [0.2, 0.25) is 5.89 Å². The number of hydrogen-bond donors (Lipinski definition) is 0. The van der Waals surface area contributed by atoms with E-state index in [2.05, 4.69) is 10.2 Å². The fraction of sp³-hybridized carbons (Fsp3) is 0.0625. The van der Waals surface area contributed by atoms with Crippen molar-refractivity contribution in [2.45, 2.75) is 6.61 Å². The third kappa shape index (κ3) is 3.75. The second kappa shape index (κ2) is 6.76. The molecule has 0 N–H and O–H groups in total. The normalized spacial score (nSPS) is 10.6. The number of aromatic nitrogens is 2. The van der Waals surface area contributed by atoms with Crippen LogP contribution in [-0.2, 0) is 11.3 Å². The van der Waals surface area contributed by atoms with Gasteiger partial charge >= 0.3 is 5.97 Å². The van der Waals surface area contributed by atoms with Crippen molar-refractivity contribution in [1.29, 1.82) is 0 Å². The van der Waals surface area contributed by atoms with Gasteiger partial charge in [-0.15, -0.1) is 10.2 Å². The van der Waals surface area contributed by atoms with Gasteiger partial charge in [-0.3, -0.25) is 0 Å². The number of hydrogen-bond acceptors (Lipinski definition) is 5. The van der Waals surface area contributed by atoms with Gasteiger partial charge in [0.15, 0.2) is 6.61 Å². The van der Waals surface area contributed by atoms with Crippen molar-refractivity contribution in [2.75, 3.05) is 0 Å². The van der Waals surface area contributed by atoms with E-state index in [1.54, 1.807) is 24.3 Å². The average Bonchev–Trinajstić information content (AvgIpc) is 3.01. The number of esters is 1. The van der Waals surface area contributed by atoms with Crippen molar-refractivity contribution in [3.05, 3.63) is 70.6 Å². The lowest BCUT2D eigenvalue weighted by Crippen LogP contribution is -2.06. The highest BCUT2D eigenvalue weighted by atomic mass is 35.5. The standard InChI is InChI=1S/C16H9ClF2N2O3/c17-11-3-1-9(2-4-11)15-21-20-14(24-15)8-23-16(22)10-5-12(18)7-13(19)6-10/h1-7H,8H2. The first-order valence-corrected chi connectivity index (χ1v) is 7.10. The summed E-state index contributed by atoms with van der Waals surface area (Å²) in [6.45, 7) is -0.322. The van der Waals surface area contributed by atoms with Gasteiger partial charge in [-0.1, -0.05) is 11.6 Å². The van der Waals surface area contributed by atoms with Crippen molar-refractivity contribution in [1.82, 2.24) is 10.2 Å². The maximum atomic E-state index is 13.1. The van der Waals surface area contributed by atoms with Crippen molar-refractivity contribution >= 4 is 17.6 Å². The zero-order valence-electron chi connectivity index (χ0n) is 12.0. The topological polar surface area (TPSA) is 65.2 Å². The molecular weight excluding hydrogens is 342 g/mol. The fourth-order valence-corrected chi connectivity index (χ4v) is 2.03. The summed E-state index contributed by atoms with van der Waals surface area (Å²) in [7, 11) is 0. The van der Waals surface area contributed by atoms with E-state index < -0.39 is 17.6 Å². The minimum absolute atomic E-state index is 0.0465. The predicted octanol–water partition coefficient (Wildman–Crippen LogP) is 4.03. The van der Waals surface area contributed by atoms with Crippen molar-refractivity contribution in [3.63, 3.8) is 0 Å². The predicted molar refractivity (Wildman–Crippen MR) is 80.2 cm³/mol. The highest BCUT2D eigenvalue weighted by Crippen LogP contribution is 2.20. The van der Waals surface area contributed by atoms with Crippen LogP contribution in [0, 0.1) is 11.6 Å². The summed E-state index contributed by atoms with van der Waals surface area (Å²) >= 11 is 5.79. The van der Waals surface area contributed by atoms with E-state index in [9.17, 15) is 13.6 Å². The lowest BCUT2D eigenvalue weighted by molar-refractivity contribution is 0.0437. The number of benzene rings is 2. The summed E-state index contributed by atoms with van der Waals surface area (Å²) in [5, 5.41) is 8.13. The quantitative estimate of drug-likeness (QED) is 0.665. The van der Waals surface area contributed by atoms with E-state index in [1.807, 2.05) is 0 Å². The zero-order chi connectivity index (χ0) is 17.1. The second-order valence-corrected chi connectivity index (χ2v) is 5.18. The van der Waals surface area contributed by atoms with Crippen molar-refractivity contribution < 1.29 is 22.7 Å². The highest BCUT2D eigenvalue weighted by Gasteiger charge is 2.14. The summed E-state index contributed by atoms with van der Waals surface area (Å²) in [6, 6.07) is 9.13. The van der Waals surface area contributed by atoms with Crippen molar-refractivity contribution in [2.24, 2.45) is 0 Å². The molecule has 24 heavy (non-hydrogen) atoms. The number of carbonyl (C=O) groups excluding carboxylic acids is 1. The molecule has 0 saturated carbocycles. The highest BCUT2D eigenvalue weighted by molar-refractivity contribution is 6.30. The largest absolute Gasteiger partial charge is 0.452 e. The Balaban J connectivity index is 1.67. The van der Waals surface area contributed by atoms with Gasteiger partial charge in [0.05, 0.1) is 5.56 Å². The molecule has 5 nitrogen and oxygen atoms in total. The molecule has 0 aliphatic heterocycles. The second-order valence-electron chi connectivity index (χ2n) is 4.74. The van der Waals surface area contributed by atoms with Crippen LogP contribution in [0.1, 0.15) is 16.2 Å². The minimum atomic E-state index is -0.903. The van der Waals surface area contributed by atoms with Crippen LogP contribution in [0.3, 0.4) is 0 Å². The molecule has 0 saturated heterocycles. The lowest BCUT2D eigenvalue weighted by Gasteiger charge is -2.02. The lowest BCUT2D eigenvalue weighted by atomic mass is 10.2. The molecule has 3 aromatic rings. The number of rotatable bonds is 4. The van der Waals surface area contributed by atoms with E-state index in [1.165, 1.54) is 0 Å². The first-order chi connectivity index (χ1) is 11.5. The maximum absolute atomic E-state index is 13.1. The maximum Gasteiger partial charge on any atom is 0.338 e. The van der Waals surface area contributed by atoms with Gasteiger partial charge in [-0.05, 0) is 36.4 Å². The molecule has 122 valence electrons. The van der Waals surface area contributed by atoms with Crippen molar-refractivity contribution in [3.8, 4) is 11.5 Å². The van der Waals surface area contributed by atoms with Crippen LogP contribution >= 0.6 is 11.6 Å². The Bertz CT molecular complexity index is 861. The van der Waals surface area contributed by atoms with Gasteiger partial charge in [-0.25, -0.2) is 13.6 Å². The Morgan fingerprint density at radius 1 is 1.08 bits per heavy atom. The van der Waals surface area contributed by atoms with Gasteiger partial charge in [0.1, 0.15) is 11.6 Å². The molecule has 0 fully saturated rings. The van der Waals surface area contributed by atoms with Crippen LogP contribution in [0.2, 0.25) is 5.02 Å². The van der Waals surface area contributed by atoms with Crippen LogP contribution in [0.25, 0.3) is 11.5 Å². The molecule has 0 amide bonds. The summed E-state index contributed by atoms with van der Waals surface area (Å²) in [6.07, 6.45) is 0. The molecule has 1 heterocycles. The summed E-state index contributed by atoms with van der Waals surface area (Å²) < 4.78 is 36.4. The molecule has 0 bridgehead atoms. The number of halogens is 3. The molecule has 1 aromatic heterocycles. The van der Waals surface area contributed by atoms with Gasteiger partial charge in [0.25, 0.3) is 5.89 Å². The Morgan fingerprint density at radius 3 is 2.42 bits per heavy atom. The van der Waals surface area contributed by atoms with Gasteiger partial charge in [-0.2, -0.15) is 0 Å². The number of ether oxygens (including phenoxy) is 1. The van der Waals surface area contributed by atoms with E-state index in [4.69, 9.17) is 20.8 Å². The molecule has 0 aliphatic rings. The summed E-state index contributed by atoms with van der Waals surface area (Å²) in [4.78, 5) is 11.8. The first-order valence-electron chi connectivity index (χ1n) is 6.73. The van der Waals surface area contributed by atoms with Crippen LogP contribution in [0.15, 0.2) is 46.9 Å². The SMILES string of the molecule is O=C(OCc1nnc(-c2ccc(Cl)cc2)o1)c1cc(F)cc(F)c1. The fourth-order valence-electron chi connectivity index (χ4n) is 1.90. The van der Waals surface area contributed by atoms with Crippen LogP contribution in [0.4, 0.5) is 8.78 Å². The molecule has 8 heteroatoms. The number of nitrogens with zero attached hydrogens (tertiary/aromatic N) is 2. The minimum Gasteiger partial charge on any atom is -0.452 e. The Labute approximate surface area is 139 Å². The monoisotopic (exact) mass is 350 g/mol. The Kier molecular flexibility index (Phi) is 4.52. The molecule has 3 rings (SSSR count). The Hall–Kier alpha value is -2.80. The molecule has 2 aromatic carbocycles. The van der Waals surface area contributed by atoms with Crippen LogP contribution in [-0.4, -0.2) is 16.2 Å². The third-order valence-electron chi connectivity index (χ3n) is 2.98. The molecular formula is C16H9ClF2N2O3. The molecule has 0 radical (unpaired) electrons.